The number of nitrogens with zero attached hydrogens (tertiary/aromatic N) is 3. The summed E-state index contributed by atoms with van der Waals surface area (Å²) in [4.78, 5) is 22.5. The van der Waals surface area contributed by atoms with Crippen LogP contribution in [0.3, 0.4) is 0 Å². The zero-order valence-corrected chi connectivity index (χ0v) is 18.5. The van der Waals surface area contributed by atoms with E-state index in [1.54, 1.807) is 29.3 Å². The zero-order valence-electron chi connectivity index (χ0n) is 18.5. The standard InChI is InChI=1S/C23H30FN5O3/c1-3-25-22(28-19-10-12-29(13-11-19)23(30)31-4-2)27-16-17-8-9-21(26-15-17)32-20-7-5-6-18(24)14-20/h5-9,14-15,19H,3-4,10-13,16H2,1-2H3,(H2,25,27,28). The Bertz CT molecular complexity index is 899. The molecule has 0 radical (unpaired) electrons. The summed E-state index contributed by atoms with van der Waals surface area (Å²) in [6, 6.07) is 9.79. The molecular formula is C23H30FN5O3. The van der Waals surface area contributed by atoms with Crippen LogP contribution in [-0.4, -0.2) is 54.2 Å². The molecular weight excluding hydrogens is 413 g/mol. The maximum Gasteiger partial charge on any atom is 0.409 e. The molecule has 1 amide bonds. The molecule has 1 aliphatic heterocycles. The molecule has 1 fully saturated rings. The number of halogens is 1. The minimum absolute atomic E-state index is 0.235. The number of hydrogen-bond donors (Lipinski definition) is 2. The van der Waals surface area contributed by atoms with Crippen molar-refractivity contribution in [3.8, 4) is 11.6 Å². The molecule has 172 valence electrons. The summed E-state index contributed by atoms with van der Waals surface area (Å²) in [5, 5.41) is 6.70. The van der Waals surface area contributed by atoms with Crippen LogP contribution in [0.15, 0.2) is 47.6 Å². The van der Waals surface area contributed by atoms with E-state index in [0.717, 1.165) is 30.9 Å². The number of hydrogen-bond acceptors (Lipinski definition) is 5. The minimum atomic E-state index is -0.358. The second kappa shape index (κ2) is 11.9. The molecule has 0 bridgehead atoms. The van der Waals surface area contributed by atoms with Gasteiger partial charge in [0.25, 0.3) is 0 Å². The van der Waals surface area contributed by atoms with E-state index in [2.05, 4.69) is 20.6 Å². The second-order valence-corrected chi connectivity index (χ2v) is 7.36. The molecule has 2 N–H and O–H groups in total. The highest BCUT2D eigenvalue weighted by Gasteiger charge is 2.24. The molecule has 0 atom stereocenters. The molecule has 8 nitrogen and oxygen atoms in total. The fourth-order valence-corrected chi connectivity index (χ4v) is 3.32. The Morgan fingerprint density at radius 1 is 1.25 bits per heavy atom. The van der Waals surface area contributed by atoms with Gasteiger partial charge in [-0.2, -0.15) is 0 Å². The van der Waals surface area contributed by atoms with Crippen molar-refractivity contribution in [1.29, 1.82) is 0 Å². The van der Waals surface area contributed by atoms with Gasteiger partial charge < -0.3 is 25.0 Å². The van der Waals surface area contributed by atoms with Gasteiger partial charge in [-0.05, 0) is 44.4 Å². The van der Waals surface area contributed by atoms with E-state index in [4.69, 9.17) is 9.47 Å². The highest BCUT2D eigenvalue weighted by atomic mass is 19.1. The lowest BCUT2D eigenvalue weighted by molar-refractivity contribution is 0.0963. The van der Waals surface area contributed by atoms with E-state index in [-0.39, 0.29) is 18.0 Å². The van der Waals surface area contributed by atoms with Crippen LogP contribution in [0.1, 0.15) is 32.3 Å². The van der Waals surface area contributed by atoms with Gasteiger partial charge in [-0.25, -0.2) is 19.2 Å². The third-order valence-electron chi connectivity index (χ3n) is 4.94. The maximum absolute atomic E-state index is 13.3. The van der Waals surface area contributed by atoms with Crippen LogP contribution in [-0.2, 0) is 11.3 Å². The quantitative estimate of drug-likeness (QED) is 0.501. The van der Waals surface area contributed by atoms with Crippen LogP contribution in [0, 0.1) is 5.82 Å². The Hall–Kier alpha value is -3.36. The predicted molar refractivity (Wildman–Crippen MR) is 120 cm³/mol. The van der Waals surface area contributed by atoms with Gasteiger partial charge in [0.2, 0.25) is 5.88 Å². The number of carbonyl (C=O) groups is 1. The van der Waals surface area contributed by atoms with Gasteiger partial charge in [-0.15, -0.1) is 0 Å². The van der Waals surface area contributed by atoms with E-state index in [9.17, 15) is 9.18 Å². The predicted octanol–water partition coefficient (Wildman–Crippen LogP) is 3.69. The zero-order chi connectivity index (χ0) is 22.8. The van der Waals surface area contributed by atoms with E-state index >= 15 is 0 Å². The average molecular weight is 444 g/mol. The van der Waals surface area contributed by atoms with Crippen molar-refractivity contribution in [3.63, 3.8) is 0 Å². The smallest absolute Gasteiger partial charge is 0.409 e. The Morgan fingerprint density at radius 3 is 2.72 bits per heavy atom. The van der Waals surface area contributed by atoms with E-state index < -0.39 is 0 Å². The molecule has 1 aliphatic rings. The van der Waals surface area contributed by atoms with Crippen molar-refractivity contribution in [2.45, 2.75) is 39.3 Å². The van der Waals surface area contributed by atoms with Crippen molar-refractivity contribution in [1.82, 2.24) is 20.5 Å². The Labute approximate surface area is 187 Å². The molecule has 32 heavy (non-hydrogen) atoms. The normalized spacial score (nSPS) is 14.7. The van der Waals surface area contributed by atoms with Gasteiger partial charge in [0, 0.05) is 44.0 Å². The molecule has 0 saturated carbocycles. The van der Waals surface area contributed by atoms with Gasteiger partial charge in [0.05, 0.1) is 13.2 Å². The van der Waals surface area contributed by atoms with Crippen molar-refractivity contribution in [2.75, 3.05) is 26.2 Å². The summed E-state index contributed by atoms with van der Waals surface area (Å²) < 4.78 is 23.9. The topological polar surface area (TPSA) is 88.1 Å². The molecule has 1 saturated heterocycles. The van der Waals surface area contributed by atoms with Gasteiger partial charge in [0.1, 0.15) is 11.6 Å². The van der Waals surface area contributed by atoms with Crippen LogP contribution in [0.5, 0.6) is 11.6 Å². The van der Waals surface area contributed by atoms with E-state index in [0.29, 0.717) is 37.9 Å². The van der Waals surface area contributed by atoms with Crippen LogP contribution in [0.4, 0.5) is 9.18 Å². The number of amides is 1. The number of nitrogens with one attached hydrogen (secondary N) is 2. The largest absolute Gasteiger partial charge is 0.450 e. The summed E-state index contributed by atoms with van der Waals surface area (Å²) in [6.45, 7) is 6.73. The highest BCUT2D eigenvalue weighted by Crippen LogP contribution is 2.20. The maximum atomic E-state index is 13.3. The third-order valence-corrected chi connectivity index (χ3v) is 4.94. The number of guanidine groups is 1. The number of ether oxygens (including phenoxy) is 2. The molecule has 2 aromatic rings. The Morgan fingerprint density at radius 2 is 2.06 bits per heavy atom. The number of carbonyl (C=O) groups excluding carboxylic acids is 1. The third kappa shape index (κ3) is 7.11. The minimum Gasteiger partial charge on any atom is -0.450 e. The molecule has 0 aliphatic carbocycles. The number of piperidine rings is 1. The summed E-state index contributed by atoms with van der Waals surface area (Å²) >= 11 is 0. The number of benzene rings is 1. The molecule has 1 aromatic heterocycles. The molecule has 2 heterocycles. The molecule has 1 aromatic carbocycles. The van der Waals surface area contributed by atoms with Crippen LogP contribution in [0.2, 0.25) is 0 Å². The van der Waals surface area contributed by atoms with Crippen LogP contribution in [0.25, 0.3) is 0 Å². The first kappa shape index (κ1) is 23.3. The Kier molecular flexibility index (Phi) is 8.65. The van der Waals surface area contributed by atoms with Crippen LogP contribution >= 0.6 is 0 Å². The van der Waals surface area contributed by atoms with Crippen molar-refractivity contribution in [3.05, 3.63) is 54.0 Å². The number of aliphatic imine (C=N–C) groups is 1. The summed E-state index contributed by atoms with van der Waals surface area (Å²) in [5.41, 5.74) is 0.922. The molecule has 0 unspecified atom stereocenters. The van der Waals surface area contributed by atoms with Crippen LogP contribution < -0.4 is 15.4 Å². The lowest BCUT2D eigenvalue weighted by atomic mass is 10.1. The van der Waals surface area contributed by atoms with E-state index in [1.807, 2.05) is 19.9 Å². The fourth-order valence-electron chi connectivity index (χ4n) is 3.32. The fraction of sp³-hybridized carbons (Fsp3) is 0.435. The highest BCUT2D eigenvalue weighted by molar-refractivity contribution is 5.80. The Balaban J connectivity index is 1.52. The lowest BCUT2D eigenvalue weighted by Gasteiger charge is -2.32. The van der Waals surface area contributed by atoms with Crippen molar-refractivity contribution in [2.24, 2.45) is 4.99 Å². The average Bonchev–Trinajstić information content (AvgIpc) is 2.79. The first-order valence-electron chi connectivity index (χ1n) is 10.9. The summed E-state index contributed by atoms with van der Waals surface area (Å²) in [5.74, 6) is 1.16. The molecule has 9 heteroatoms. The first-order chi connectivity index (χ1) is 15.6. The number of aromatic nitrogens is 1. The summed E-state index contributed by atoms with van der Waals surface area (Å²) in [6.07, 6.45) is 3.11. The molecule has 3 rings (SSSR count). The van der Waals surface area contributed by atoms with Gasteiger partial charge in [0.15, 0.2) is 5.96 Å². The van der Waals surface area contributed by atoms with E-state index in [1.165, 1.54) is 12.1 Å². The van der Waals surface area contributed by atoms with Crippen molar-refractivity contribution >= 4 is 12.1 Å². The molecule has 0 spiro atoms. The number of rotatable bonds is 7. The monoisotopic (exact) mass is 443 g/mol. The second-order valence-electron chi connectivity index (χ2n) is 7.36. The van der Waals surface area contributed by atoms with Crippen molar-refractivity contribution < 1.29 is 18.7 Å². The van der Waals surface area contributed by atoms with Gasteiger partial charge in [-0.3, -0.25) is 0 Å². The summed E-state index contributed by atoms with van der Waals surface area (Å²) in [7, 11) is 0. The lowest BCUT2D eigenvalue weighted by Crippen LogP contribution is -2.49. The van der Waals surface area contributed by atoms with Gasteiger partial charge >= 0.3 is 6.09 Å². The SMILES string of the molecule is CCNC(=NCc1ccc(Oc2cccc(F)c2)nc1)NC1CCN(C(=O)OCC)CC1. The first-order valence-corrected chi connectivity index (χ1v) is 10.9. The van der Waals surface area contributed by atoms with Gasteiger partial charge in [-0.1, -0.05) is 12.1 Å². The number of likely N-dealkylation sites (tertiary alicyclic amines) is 1. The number of pyridine rings is 1.